The molecule has 8 nitrogen and oxygen atoms in total. The molecule has 3 aromatic rings. The predicted molar refractivity (Wildman–Crippen MR) is 113 cm³/mol. The van der Waals surface area contributed by atoms with Gasteiger partial charge in [-0.25, -0.2) is 19.0 Å². The van der Waals surface area contributed by atoms with Gasteiger partial charge in [0.05, 0.1) is 6.54 Å². The molecule has 1 saturated heterocycles. The molecule has 2 aromatic heterocycles. The Morgan fingerprint density at radius 1 is 1.13 bits per heavy atom. The average molecular weight is 422 g/mol. The molecule has 0 spiro atoms. The zero-order chi connectivity index (χ0) is 21.6. The summed E-state index contributed by atoms with van der Waals surface area (Å²) in [6.45, 7) is 1.38. The Bertz CT molecular complexity index is 1100. The van der Waals surface area contributed by atoms with E-state index in [2.05, 4.69) is 25.3 Å². The van der Waals surface area contributed by atoms with Crippen LogP contribution >= 0.6 is 0 Å². The molecule has 160 valence electrons. The smallest absolute Gasteiger partial charge is 0.289 e. The highest BCUT2D eigenvalue weighted by Gasteiger charge is 2.25. The van der Waals surface area contributed by atoms with Crippen LogP contribution in [0.2, 0.25) is 0 Å². The molecule has 9 heteroatoms. The molecule has 4 rings (SSSR count). The summed E-state index contributed by atoms with van der Waals surface area (Å²) >= 11 is 0. The van der Waals surface area contributed by atoms with Crippen molar-refractivity contribution in [3.8, 4) is 0 Å². The first-order chi connectivity index (χ1) is 15.1. The molecule has 3 heterocycles. The summed E-state index contributed by atoms with van der Waals surface area (Å²) < 4.78 is 14.8. The molecule has 1 fully saturated rings. The summed E-state index contributed by atoms with van der Waals surface area (Å²) in [5.41, 5.74) is 0.410. The van der Waals surface area contributed by atoms with E-state index in [-0.39, 0.29) is 35.7 Å². The molecule has 31 heavy (non-hydrogen) atoms. The molecule has 0 aliphatic carbocycles. The van der Waals surface area contributed by atoms with Crippen LogP contribution in [0.15, 0.2) is 59.7 Å². The van der Waals surface area contributed by atoms with Crippen molar-refractivity contribution in [1.29, 1.82) is 0 Å². The van der Waals surface area contributed by atoms with Crippen LogP contribution in [0.1, 0.15) is 35.4 Å². The van der Waals surface area contributed by atoms with Crippen LogP contribution in [0.4, 0.5) is 10.2 Å². The summed E-state index contributed by atoms with van der Waals surface area (Å²) in [6.07, 6.45) is 5.99. The van der Waals surface area contributed by atoms with Gasteiger partial charge < -0.3 is 10.2 Å². The van der Waals surface area contributed by atoms with E-state index in [0.717, 1.165) is 25.8 Å². The van der Waals surface area contributed by atoms with Crippen LogP contribution in [0.3, 0.4) is 0 Å². The summed E-state index contributed by atoms with van der Waals surface area (Å²) in [4.78, 5) is 34.7. The van der Waals surface area contributed by atoms with Gasteiger partial charge >= 0.3 is 0 Å². The maximum Gasteiger partial charge on any atom is 0.289 e. The van der Waals surface area contributed by atoms with Crippen molar-refractivity contribution in [2.45, 2.75) is 31.8 Å². The molecule has 1 aliphatic heterocycles. The van der Waals surface area contributed by atoms with E-state index in [9.17, 15) is 14.0 Å². The molecule has 0 saturated carbocycles. The Labute approximate surface area is 178 Å². The molecular weight excluding hydrogens is 399 g/mol. The highest BCUT2D eigenvalue weighted by molar-refractivity contribution is 5.90. The van der Waals surface area contributed by atoms with Gasteiger partial charge in [-0.15, -0.1) is 0 Å². The number of benzene rings is 1. The van der Waals surface area contributed by atoms with Gasteiger partial charge in [-0.05, 0) is 49.1 Å². The van der Waals surface area contributed by atoms with Gasteiger partial charge in [0.1, 0.15) is 11.6 Å². The number of aromatic nitrogens is 4. The second kappa shape index (κ2) is 9.46. The third kappa shape index (κ3) is 5.11. The van der Waals surface area contributed by atoms with E-state index in [4.69, 9.17) is 0 Å². The maximum atomic E-state index is 13.5. The minimum Gasteiger partial charge on any atom is -0.350 e. The van der Waals surface area contributed by atoms with Gasteiger partial charge in [-0.3, -0.25) is 9.59 Å². The summed E-state index contributed by atoms with van der Waals surface area (Å²) in [7, 11) is 0. The molecule has 0 bridgehead atoms. The van der Waals surface area contributed by atoms with Crippen molar-refractivity contribution < 1.29 is 9.18 Å². The Morgan fingerprint density at radius 2 is 1.97 bits per heavy atom. The molecule has 1 atom stereocenters. The van der Waals surface area contributed by atoms with Gasteiger partial charge in [-0.2, -0.15) is 5.10 Å². The van der Waals surface area contributed by atoms with Crippen LogP contribution in [0.5, 0.6) is 0 Å². The van der Waals surface area contributed by atoms with Crippen molar-refractivity contribution >= 4 is 11.7 Å². The van der Waals surface area contributed by atoms with Gasteiger partial charge in [0.25, 0.3) is 11.5 Å². The number of carbonyl (C=O) groups is 1. The Hall–Kier alpha value is -3.62. The molecular formula is C22H23FN6O2. The van der Waals surface area contributed by atoms with Gasteiger partial charge in [0, 0.05) is 37.6 Å². The highest BCUT2D eigenvalue weighted by atomic mass is 19.1. The first-order valence-corrected chi connectivity index (χ1v) is 10.2. The van der Waals surface area contributed by atoms with Gasteiger partial charge in [0.15, 0.2) is 0 Å². The molecule has 1 N–H and O–H groups in total. The zero-order valence-corrected chi connectivity index (χ0v) is 16.9. The van der Waals surface area contributed by atoms with Crippen molar-refractivity contribution in [1.82, 2.24) is 25.1 Å². The second-order valence-corrected chi connectivity index (χ2v) is 7.44. The van der Waals surface area contributed by atoms with Crippen molar-refractivity contribution in [2.24, 2.45) is 0 Å². The normalized spacial score (nSPS) is 16.2. The quantitative estimate of drug-likeness (QED) is 0.653. The van der Waals surface area contributed by atoms with Crippen LogP contribution in [-0.2, 0) is 6.54 Å². The molecule has 0 radical (unpaired) electrons. The molecule has 1 aliphatic rings. The fourth-order valence-corrected chi connectivity index (χ4v) is 3.73. The van der Waals surface area contributed by atoms with Crippen molar-refractivity contribution in [3.63, 3.8) is 0 Å². The number of hydrogen-bond acceptors (Lipinski definition) is 6. The van der Waals surface area contributed by atoms with E-state index in [0.29, 0.717) is 17.9 Å². The summed E-state index contributed by atoms with van der Waals surface area (Å²) in [5.74, 6) is 0.114. The van der Waals surface area contributed by atoms with Crippen molar-refractivity contribution in [3.05, 3.63) is 82.4 Å². The number of anilines is 1. The highest BCUT2D eigenvalue weighted by Crippen LogP contribution is 2.22. The number of amides is 1. The number of rotatable bonds is 6. The minimum atomic E-state index is -0.351. The lowest BCUT2D eigenvalue weighted by Crippen LogP contribution is -2.48. The number of nitrogens with one attached hydrogen (secondary N) is 1. The monoisotopic (exact) mass is 422 g/mol. The van der Waals surface area contributed by atoms with E-state index < -0.39 is 0 Å². The van der Waals surface area contributed by atoms with E-state index >= 15 is 0 Å². The molecule has 1 amide bonds. The number of carbonyl (C=O) groups excluding carboxylic acids is 1. The number of piperidine rings is 1. The Morgan fingerprint density at radius 3 is 2.77 bits per heavy atom. The fourth-order valence-electron chi connectivity index (χ4n) is 3.73. The lowest BCUT2D eigenvalue weighted by Gasteiger charge is -2.36. The zero-order valence-electron chi connectivity index (χ0n) is 16.9. The lowest BCUT2D eigenvalue weighted by atomic mass is 10.0. The van der Waals surface area contributed by atoms with Gasteiger partial charge in [0.2, 0.25) is 5.82 Å². The Balaban J connectivity index is 1.50. The third-order valence-electron chi connectivity index (χ3n) is 5.26. The molecule has 1 aromatic carbocycles. The van der Waals surface area contributed by atoms with Crippen molar-refractivity contribution in [2.75, 3.05) is 18.0 Å². The number of nitrogens with zero attached hydrogens (tertiary/aromatic N) is 5. The van der Waals surface area contributed by atoms with Gasteiger partial charge in [-0.1, -0.05) is 12.1 Å². The lowest BCUT2D eigenvalue weighted by molar-refractivity contribution is 0.0939. The van der Waals surface area contributed by atoms with Crippen LogP contribution in [-0.4, -0.2) is 44.8 Å². The number of halogens is 1. The topological polar surface area (TPSA) is 93.0 Å². The summed E-state index contributed by atoms with van der Waals surface area (Å²) in [5, 5.41) is 7.42. The first kappa shape index (κ1) is 20.6. The standard InChI is InChI=1S/C22H23FN6O2/c23-17-6-3-5-16(13-17)15-29-20(30)9-8-19(27-29)28-12-2-1-7-18(28)14-26-22(31)21-24-10-4-11-25-21/h3-6,8-11,13,18H,1-2,7,12,14-15H2,(H,26,31). The average Bonchev–Trinajstić information content (AvgIpc) is 2.80. The largest absolute Gasteiger partial charge is 0.350 e. The maximum absolute atomic E-state index is 13.5. The summed E-state index contributed by atoms with van der Waals surface area (Å²) in [6, 6.07) is 11.0. The third-order valence-corrected chi connectivity index (χ3v) is 5.26. The van der Waals surface area contributed by atoms with E-state index in [1.54, 1.807) is 24.3 Å². The fraction of sp³-hybridized carbons (Fsp3) is 0.318. The van der Waals surface area contributed by atoms with Crippen LogP contribution < -0.4 is 15.8 Å². The Kier molecular flexibility index (Phi) is 6.30. The minimum absolute atomic E-state index is 0.0361. The van der Waals surface area contributed by atoms with E-state index in [1.165, 1.54) is 35.3 Å². The van der Waals surface area contributed by atoms with E-state index in [1.807, 2.05) is 0 Å². The first-order valence-electron chi connectivity index (χ1n) is 10.2. The van der Waals surface area contributed by atoms with Crippen LogP contribution in [0.25, 0.3) is 0 Å². The van der Waals surface area contributed by atoms with Crippen LogP contribution in [0, 0.1) is 5.82 Å². The molecule has 1 unspecified atom stereocenters. The predicted octanol–water partition coefficient (Wildman–Crippen LogP) is 2.01. The SMILES string of the molecule is O=C(NCC1CCCCN1c1ccc(=O)n(Cc2cccc(F)c2)n1)c1ncccn1. The number of hydrogen-bond donors (Lipinski definition) is 1. The second-order valence-electron chi connectivity index (χ2n) is 7.44.